The number of benzene rings is 1. The highest BCUT2D eigenvalue weighted by molar-refractivity contribution is 6.03. The SMILES string of the molecule is Cc1ccc[n+]([O-])c1NC(=O)c1ccccc1. The predicted molar refractivity (Wildman–Crippen MR) is 64.5 cm³/mol. The molecule has 2 aromatic rings. The van der Waals surface area contributed by atoms with Crippen molar-refractivity contribution in [3.05, 3.63) is 65.0 Å². The number of hydrogen-bond acceptors (Lipinski definition) is 2. The predicted octanol–water partition coefficient (Wildman–Crippen LogP) is 1.88. The van der Waals surface area contributed by atoms with Crippen LogP contribution in [-0.4, -0.2) is 5.91 Å². The molecule has 0 fully saturated rings. The number of amides is 1. The molecular formula is C13H12N2O2. The monoisotopic (exact) mass is 228 g/mol. The first-order valence-electron chi connectivity index (χ1n) is 5.23. The Labute approximate surface area is 99.1 Å². The summed E-state index contributed by atoms with van der Waals surface area (Å²) >= 11 is 0. The third-order valence-electron chi connectivity index (χ3n) is 2.43. The minimum absolute atomic E-state index is 0.265. The second-order valence-corrected chi connectivity index (χ2v) is 3.69. The van der Waals surface area contributed by atoms with E-state index >= 15 is 0 Å². The van der Waals surface area contributed by atoms with Crippen molar-refractivity contribution in [2.45, 2.75) is 6.92 Å². The Kier molecular flexibility index (Phi) is 3.05. The fourth-order valence-corrected chi connectivity index (χ4v) is 1.52. The van der Waals surface area contributed by atoms with Gasteiger partial charge in [0.2, 0.25) is 0 Å². The fraction of sp³-hybridized carbons (Fsp3) is 0.0769. The van der Waals surface area contributed by atoms with Crippen LogP contribution >= 0.6 is 0 Å². The molecule has 0 bridgehead atoms. The molecule has 4 nitrogen and oxygen atoms in total. The molecule has 0 saturated heterocycles. The number of carbonyl (C=O) groups is 1. The van der Waals surface area contributed by atoms with Gasteiger partial charge in [-0.2, -0.15) is 0 Å². The normalized spacial score (nSPS) is 9.94. The zero-order valence-corrected chi connectivity index (χ0v) is 9.38. The molecule has 1 N–H and O–H groups in total. The van der Waals surface area contributed by atoms with E-state index in [9.17, 15) is 10.0 Å². The Morgan fingerprint density at radius 2 is 1.88 bits per heavy atom. The van der Waals surface area contributed by atoms with Crippen molar-refractivity contribution in [1.82, 2.24) is 0 Å². The average molecular weight is 228 g/mol. The first-order chi connectivity index (χ1) is 8.18. The van der Waals surface area contributed by atoms with E-state index in [1.807, 2.05) is 6.07 Å². The second kappa shape index (κ2) is 4.65. The van der Waals surface area contributed by atoms with Crippen LogP contribution in [0.25, 0.3) is 0 Å². The number of nitrogens with zero attached hydrogens (tertiary/aromatic N) is 1. The summed E-state index contributed by atoms with van der Waals surface area (Å²) in [7, 11) is 0. The van der Waals surface area contributed by atoms with Gasteiger partial charge in [0.15, 0.2) is 0 Å². The minimum atomic E-state index is -0.287. The van der Waals surface area contributed by atoms with Crippen molar-refractivity contribution >= 4 is 11.7 Å². The molecule has 0 radical (unpaired) electrons. The Balaban J connectivity index is 2.25. The van der Waals surface area contributed by atoms with E-state index in [4.69, 9.17) is 0 Å². The van der Waals surface area contributed by atoms with Gasteiger partial charge in [0.1, 0.15) is 0 Å². The molecule has 0 saturated carbocycles. The van der Waals surface area contributed by atoms with Gasteiger partial charge in [-0.05, 0) is 31.2 Å². The molecule has 1 amide bonds. The number of aromatic nitrogens is 1. The lowest BCUT2D eigenvalue weighted by Crippen LogP contribution is -2.33. The Hall–Kier alpha value is -2.36. The van der Waals surface area contributed by atoms with Gasteiger partial charge >= 0.3 is 5.91 Å². The molecule has 0 aliphatic heterocycles. The summed E-state index contributed by atoms with van der Waals surface area (Å²) in [6.07, 6.45) is 1.35. The maximum absolute atomic E-state index is 11.9. The van der Waals surface area contributed by atoms with Gasteiger partial charge in [0, 0.05) is 5.56 Å². The molecular weight excluding hydrogens is 216 g/mol. The van der Waals surface area contributed by atoms with Crippen molar-refractivity contribution in [3.63, 3.8) is 0 Å². The highest BCUT2D eigenvalue weighted by atomic mass is 16.5. The molecule has 0 unspecified atom stereocenters. The smallest absolute Gasteiger partial charge is 0.339 e. The quantitative estimate of drug-likeness (QED) is 0.630. The molecule has 1 aromatic heterocycles. The standard InChI is InChI=1S/C13H12N2O2/c1-10-6-5-9-15(17)12(10)14-13(16)11-7-3-2-4-8-11/h2-9H,1H3,(H,14,16). The van der Waals surface area contributed by atoms with Crippen molar-refractivity contribution in [1.29, 1.82) is 0 Å². The van der Waals surface area contributed by atoms with Crippen molar-refractivity contribution in [3.8, 4) is 0 Å². The number of aryl methyl sites for hydroxylation is 1. The number of carbonyl (C=O) groups excluding carboxylic acids is 1. The van der Waals surface area contributed by atoms with Crippen LogP contribution in [0.5, 0.6) is 0 Å². The van der Waals surface area contributed by atoms with Crippen LogP contribution in [0.1, 0.15) is 15.9 Å². The van der Waals surface area contributed by atoms with Crippen LogP contribution in [0.2, 0.25) is 0 Å². The molecule has 2 rings (SSSR count). The number of anilines is 1. The van der Waals surface area contributed by atoms with Crippen molar-refractivity contribution in [2.24, 2.45) is 0 Å². The molecule has 86 valence electrons. The summed E-state index contributed by atoms with van der Waals surface area (Å²) in [5.41, 5.74) is 1.25. The first-order valence-corrected chi connectivity index (χ1v) is 5.23. The van der Waals surface area contributed by atoms with E-state index in [0.717, 1.165) is 5.56 Å². The minimum Gasteiger partial charge on any atom is -0.711 e. The van der Waals surface area contributed by atoms with Gasteiger partial charge in [-0.3, -0.25) is 0 Å². The molecule has 1 aromatic carbocycles. The molecule has 1 heterocycles. The summed E-state index contributed by atoms with van der Waals surface area (Å²) < 4.78 is 0.649. The second-order valence-electron chi connectivity index (χ2n) is 3.69. The van der Waals surface area contributed by atoms with Crippen LogP contribution in [0.15, 0.2) is 48.7 Å². The summed E-state index contributed by atoms with van der Waals surface area (Å²) in [6, 6.07) is 12.2. The van der Waals surface area contributed by atoms with Gasteiger partial charge in [-0.1, -0.05) is 18.2 Å². The summed E-state index contributed by atoms with van der Waals surface area (Å²) in [4.78, 5) is 11.9. The summed E-state index contributed by atoms with van der Waals surface area (Å²) in [5, 5.41) is 14.1. The van der Waals surface area contributed by atoms with Crippen LogP contribution < -0.4 is 10.0 Å². The van der Waals surface area contributed by atoms with Gasteiger partial charge < -0.3 is 5.21 Å². The maximum Gasteiger partial charge on any atom is 0.339 e. The molecule has 0 aliphatic carbocycles. The van der Waals surface area contributed by atoms with E-state index in [-0.39, 0.29) is 11.7 Å². The van der Waals surface area contributed by atoms with Crippen LogP contribution in [0.3, 0.4) is 0 Å². The van der Waals surface area contributed by atoms with E-state index in [2.05, 4.69) is 5.32 Å². The molecule has 0 aliphatic rings. The Bertz CT molecular complexity index is 518. The van der Waals surface area contributed by atoms with Crippen molar-refractivity contribution in [2.75, 3.05) is 5.32 Å². The number of hydrogen-bond donors (Lipinski definition) is 1. The van der Waals surface area contributed by atoms with Crippen LogP contribution in [0.4, 0.5) is 5.82 Å². The van der Waals surface area contributed by atoms with Crippen LogP contribution in [0, 0.1) is 12.1 Å². The fourth-order valence-electron chi connectivity index (χ4n) is 1.52. The number of rotatable bonds is 2. The first kappa shape index (κ1) is 11.1. The Morgan fingerprint density at radius 1 is 1.18 bits per heavy atom. The van der Waals surface area contributed by atoms with Crippen LogP contribution in [-0.2, 0) is 0 Å². The zero-order valence-electron chi connectivity index (χ0n) is 9.38. The van der Waals surface area contributed by atoms with Gasteiger partial charge in [0.05, 0.1) is 11.8 Å². The lowest BCUT2D eigenvalue weighted by molar-refractivity contribution is -0.590. The molecule has 0 atom stereocenters. The number of pyridine rings is 1. The van der Waals surface area contributed by atoms with E-state index < -0.39 is 0 Å². The maximum atomic E-state index is 11.9. The summed E-state index contributed by atoms with van der Waals surface area (Å²) in [5.74, 6) is -0.0224. The lowest BCUT2D eigenvalue weighted by Gasteiger charge is -2.09. The lowest BCUT2D eigenvalue weighted by atomic mass is 10.2. The Morgan fingerprint density at radius 3 is 2.53 bits per heavy atom. The highest BCUT2D eigenvalue weighted by Gasteiger charge is 2.15. The van der Waals surface area contributed by atoms with E-state index in [1.54, 1.807) is 43.3 Å². The third-order valence-corrected chi connectivity index (χ3v) is 2.43. The number of nitrogens with one attached hydrogen (secondary N) is 1. The average Bonchev–Trinajstić information content (AvgIpc) is 2.35. The highest BCUT2D eigenvalue weighted by Crippen LogP contribution is 2.09. The summed E-state index contributed by atoms with van der Waals surface area (Å²) in [6.45, 7) is 1.77. The van der Waals surface area contributed by atoms with Gasteiger partial charge in [-0.25, -0.2) is 14.8 Å². The third kappa shape index (κ3) is 2.42. The molecule has 4 heteroatoms. The topological polar surface area (TPSA) is 56.0 Å². The molecule has 17 heavy (non-hydrogen) atoms. The van der Waals surface area contributed by atoms with E-state index in [1.165, 1.54) is 6.20 Å². The molecule has 0 spiro atoms. The van der Waals surface area contributed by atoms with Gasteiger partial charge in [-0.15, -0.1) is 0 Å². The van der Waals surface area contributed by atoms with Gasteiger partial charge in [0.25, 0.3) is 5.82 Å². The van der Waals surface area contributed by atoms with Crippen molar-refractivity contribution < 1.29 is 9.52 Å². The zero-order chi connectivity index (χ0) is 12.3. The van der Waals surface area contributed by atoms with E-state index in [0.29, 0.717) is 10.3 Å². The largest absolute Gasteiger partial charge is 0.711 e.